The van der Waals surface area contributed by atoms with Gasteiger partial charge in [-0.3, -0.25) is 9.36 Å². The van der Waals surface area contributed by atoms with Gasteiger partial charge in [0.2, 0.25) is 11.3 Å². The number of carbonyl (C=O) groups is 1. The summed E-state index contributed by atoms with van der Waals surface area (Å²) in [6.45, 7) is 1.71. The molecule has 138 valence electrons. The van der Waals surface area contributed by atoms with Crippen LogP contribution >= 0.6 is 7.60 Å². The molecule has 2 rings (SSSR count). The Balaban J connectivity index is 2.28. The fraction of sp³-hybridized carbons (Fsp3) is 0.462. The van der Waals surface area contributed by atoms with Crippen molar-refractivity contribution in [2.75, 3.05) is 7.05 Å². The number of benzene rings is 1. The molecule has 1 aliphatic heterocycles. The smallest absolute Gasteiger partial charge is 0.399 e. The van der Waals surface area contributed by atoms with E-state index < -0.39 is 36.2 Å². The molecule has 1 amide bonds. The number of hydrogen-bond acceptors (Lipinski definition) is 4. The van der Waals surface area contributed by atoms with E-state index >= 15 is 0 Å². The first-order valence-electron chi connectivity index (χ1n) is 7.36. The Morgan fingerprint density at radius 1 is 1.56 bits per heavy atom. The number of carbonyl (C=O) groups excluding carboxylic acids is 1. The Labute approximate surface area is 147 Å². The molecule has 0 aliphatic carbocycles. The van der Waals surface area contributed by atoms with Crippen molar-refractivity contribution in [3.05, 3.63) is 29.3 Å². The lowest BCUT2D eigenvalue weighted by Gasteiger charge is -2.21. The molecule has 3 N–H and O–H groups in total. The van der Waals surface area contributed by atoms with Crippen molar-refractivity contribution in [3.8, 4) is 0 Å². The SMILES string of the molecule is Bc1cc(C[C@@H](C(=O)NC)N2[C@H](C)[S+]2[O-])ccc1C(F)(F)P(=O)(O)O. The summed E-state index contributed by atoms with van der Waals surface area (Å²) in [6.07, 6.45) is 0.137. The van der Waals surface area contributed by atoms with E-state index in [-0.39, 0.29) is 23.2 Å². The third kappa shape index (κ3) is 3.91. The molecular formula is C13H18BF2N2O5PS. The molecule has 1 saturated heterocycles. The van der Waals surface area contributed by atoms with E-state index in [0.29, 0.717) is 5.56 Å². The molecule has 2 unspecified atom stereocenters. The van der Waals surface area contributed by atoms with Crippen molar-refractivity contribution in [2.24, 2.45) is 0 Å². The molecule has 1 aliphatic rings. The minimum Gasteiger partial charge on any atom is -0.596 e. The van der Waals surface area contributed by atoms with Gasteiger partial charge < -0.3 is 19.7 Å². The van der Waals surface area contributed by atoms with Crippen molar-refractivity contribution >= 4 is 38.2 Å². The summed E-state index contributed by atoms with van der Waals surface area (Å²) >= 11 is -1.26. The van der Waals surface area contributed by atoms with Gasteiger partial charge >= 0.3 is 13.3 Å². The molecule has 7 nitrogen and oxygen atoms in total. The molecule has 0 spiro atoms. The fourth-order valence-electron chi connectivity index (χ4n) is 2.65. The van der Waals surface area contributed by atoms with Crippen LogP contribution in [0.3, 0.4) is 0 Å². The van der Waals surface area contributed by atoms with Gasteiger partial charge in [0.1, 0.15) is 13.9 Å². The molecule has 0 radical (unpaired) electrons. The summed E-state index contributed by atoms with van der Waals surface area (Å²) in [6, 6.07) is 2.88. The minimum atomic E-state index is -5.65. The average molecular weight is 394 g/mol. The van der Waals surface area contributed by atoms with Gasteiger partial charge in [0, 0.05) is 26.0 Å². The van der Waals surface area contributed by atoms with Crippen LogP contribution in [0.25, 0.3) is 0 Å². The highest BCUT2D eigenvalue weighted by Gasteiger charge is 2.57. The number of alkyl halides is 2. The number of nitrogens with zero attached hydrogens (tertiary/aromatic N) is 1. The number of halogens is 2. The van der Waals surface area contributed by atoms with Crippen molar-refractivity contribution in [3.63, 3.8) is 0 Å². The second-order valence-electron chi connectivity index (χ2n) is 5.80. The minimum absolute atomic E-state index is 0.00134. The maximum Gasteiger partial charge on any atom is 0.399 e. The summed E-state index contributed by atoms with van der Waals surface area (Å²) in [5, 5.41) is 2.22. The van der Waals surface area contributed by atoms with Crippen molar-refractivity contribution < 1.29 is 32.5 Å². The molecule has 1 aromatic rings. The lowest BCUT2D eigenvalue weighted by molar-refractivity contribution is -0.123. The predicted octanol–water partition coefficient (Wildman–Crippen LogP) is -0.846. The Hall–Kier alpha value is -0.965. The van der Waals surface area contributed by atoms with Crippen LogP contribution in [0, 0.1) is 0 Å². The molecule has 25 heavy (non-hydrogen) atoms. The largest absolute Gasteiger partial charge is 0.596 e. The summed E-state index contributed by atoms with van der Waals surface area (Å²) in [5.74, 6) is -0.347. The van der Waals surface area contributed by atoms with Crippen LogP contribution in [0.5, 0.6) is 0 Å². The van der Waals surface area contributed by atoms with Crippen LogP contribution < -0.4 is 10.8 Å². The maximum atomic E-state index is 13.9. The van der Waals surface area contributed by atoms with Crippen LogP contribution in [0.1, 0.15) is 18.1 Å². The van der Waals surface area contributed by atoms with Gasteiger partial charge in [-0.2, -0.15) is 8.78 Å². The number of rotatable bonds is 6. The van der Waals surface area contributed by atoms with Crippen LogP contribution in [0.2, 0.25) is 0 Å². The lowest BCUT2D eigenvalue weighted by Crippen LogP contribution is -2.40. The van der Waals surface area contributed by atoms with Crippen LogP contribution in [-0.2, 0) is 32.8 Å². The Morgan fingerprint density at radius 3 is 2.52 bits per heavy atom. The van der Waals surface area contributed by atoms with Crippen molar-refractivity contribution in [1.29, 1.82) is 0 Å². The second kappa shape index (κ2) is 6.98. The molecule has 0 saturated carbocycles. The van der Waals surface area contributed by atoms with Gasteiger partial charge in [-0.05, 0) is 5.56 Å². The molecule has 1 fully saturated rings. The zero-order valence-electron chi connectivity index (χ0n) is 13.8. The normalized spacial score (nSPS) is 24.7. The van der Waals surface area contributed by atoms with E-state index in [0.717, 1.165) is 6.07 Å². The first-order chi connectivity index (χ1) is 11.4. The molecule has 4 atom stereocenters. The quantitative estimate of drug-likeness (QED) is 0.251. The Morgan fingerprint density at radius 2 is 2.12 bits per heavy atom. The summed E-state index contributed by atoms with van der Waals surface area (Å²) in [5.41, 5.74) is -4.52. The Bertz CT molecular complexity index is 726. The monoisotopic (exact) mass is 394 g/mol. The molecule has 0 aromatic heterocycles. The van der Waals surface area contributed by atoms with E-state index in [1.165, 1.54) is 31.3 Å². The van der Waals surface area contributed by atoms with Gasteiger partial charge in [-0.15, -0.1) is 0 Å². The number of amides is 1. The van der Waals surface area contributed by atoms with Gasteiger partial charge in [0.15, 0.2) is 0 Å². The topological polar surface area (TPSA) is 113 Å². The van der Waals surface area contributed by atoms with Crippen molar-refractivity contribution in [1.82, 2.24) is 9.62 Å². The maximum absolute atomic E-state index is 13.9. The van der Waals surface area contributed by atoms with E-state index in [1.54, 1.807) is 6.92 Å². The van der Waals surface area contributed by atoms with E-state index in [2.05, 4.69) is 5.32 Å². The highest BCUT2D eigenvalue weighted by Crippen LogP contribution is 2.58. The zero-order chi connectivity index (χ0) is 19.2. The van der Waals surface area contributed by atoms with Crippen molar-refractivity contribution in [2.45, 2.75) is 30.4 Å². The van der Waals surface area contributed by atoms with Crippen LogP contribution in [-0.4, -0.2) is 50.9 Å². The van der Waals surface area contributed by atoms with Gasteiger partial charge in [0.25, 0.3) is 0 Å². The summed E-state index contributed by atoms with van der Waals surface area (Å²) < 4.78 is 52.0. The average Bonchev–Trinajstić information content (AvgIpc) is 3.09. The number of hydrogen-bond donors (Lipinski definition) is 3. The molecule has 0 bridgehead atoms. The summed E-state index contributed by atoms with van der Waals surface area (Å²) in [4.78, 5) is 29.7. The first-order valence-corrected chi connectivity index (χ1v) is 10.1. The summed E-state index contributed by atoms with van der Waals surface area (Å²) in [7, 11) is -2.89. The van der Waals surface area contributed by atoms with Gasteiger partial charge in [-0.1, -0.05) is 28.0 Å². The molecule has 1 heterocycles. The third-order valence-corrected chi connectivity index (χ3v) is 6.63. The van der Waals surface area contributed by atoms with Gasteiger partial charge in [0.05, 0.1) is 11.4 Å². The van der Waals surface area contributed by atoms with Crippen LogP contribution in [0.4, 0.5) is 8.78 Å². The lowest BCUT2D eigenvalue weighted by atomic mass is 9.87. The zero-order valence-corrected chi connectivity index (χ0v) is 15.5. The molecular weight excluding hydrogens is 376 g/mol. The number of likely N-dealkylation sites (N-methyl/N-ethyl adjacent to an activating group) is 1. The predicted molar refractivity (Wildman–Crippen MR) is 91.6 cm³/mol. The highest BCUT2D eigenvalue weighted by molar-refractivity contribution is 7.96. The van der Waals surface area contributed by atoms with E-state index in [9.17, 15) is 22.7 Å². The molecule has 12 heteroatoms. The number of nitrogens with one attached hydrogen (secondary N) is 1. The van der Waals surface area contributed by atoms with E-state index in [4.69, 9.17) is 9.79 Å². The third-order valence-electron chi connectivity index (χ3n) is 4.08. The van der Waals surface area contributed by atoms with Crippen LogP contribution in [0.15, 0.2) is 18.2 Å². The highest BCUT2D eigenvalue weighted by atomic mass is 32.2. The molecule has 1 aromatic carbocycles. The van der Waals surface area contributed by atoms with Gasteiger partial charge in [-0.25, -0.2) is 0 Å². The standard InChI is InChI=1S/C13H18BF2N2O5PS/c1-7-18(25(7)23)11(12(19)17-2)6-8-3-4-9(10(14)5-8)13(15,16)24(20,21)22/h3-5,7,11H,6,14H2,1-2H3,(H,17,19)(H2,20,21,22)/t7-,11-,18?,25?/m0/s1. The first kappa shape index (κ1) is 20.3. The fourth-order valence-corrected chi connectivity index (χ4v) is 4.36. The Kier molecular flexibility index (Phi) is 5.68. The second-order valence-corrected chi connectivity index (χ2v) is 9.11. The van der Waals surface area contributed by atoms with E-state index in [1.807, 2.05) is 0 Å².